The molecule has 6 nitrogen and oxygen atoms in total. The average molecular weight is 267 g/mol. The quantitative estimate of drug-likeness (QED) is 0.793. The molecule has 0 aliphatic rings. The van der Waals surface area contributed by atoms with Crippen molar-refractivity contribution in [3.05, 3.63) is 11.4 Å². The van der Waals surface area contributed by atoms with Crippen LogP contribution in [-0.2, 0) is 13.5 Å². The molecule has 1 rings (SSSR count). The van der Waals surface area contributed by atoms with E-state index in [1.54, 1.807) is 11.7 Å². The number of hydrogen-bond acceptors (Lipinski definition) is 4. The molecule has 1 amide bonds. The summed E-state index contributed by atoms with van der Waals surface area (Å²) in [6, 6.07) is 0.463. The monoisotopic (exact) mass is 267 g/mol. The van der Waals surface area contributed by atoms with Gasteiger partial charge in [0.25, 0.3) is 5.91 Å². The molecule has 1 aromatic rings. The molecule has 0 aromatic carbocycles. The van der Waals surface area contributed by atoms with Crippen molar-refractivity contribution >= 4 is 11.6 Å². The third-order valence-corrected chi connectivity index (χ3v) is 3.34. The number of anilines is 1. The highest BCUT2D eigenvalue weighted by Gasteiger charge is 2.18. The molecule has 0 atom stereocenters. The predicted octanol–water partition coefficient (Wildman–Crippen LogP) is 0.635. The third-order valence-electron chi connectivity index (χ3n) is 3.34. The van der Waals surface area contributed by atoms with Crippen LogP contribution in [0.2, 0.25) is 0 Å². The maximum Gasteiger partial charge on any atom is 0.271 e. The number of likely N-dealkylation sites (N-methyl/N-ethyl adjacent to an activating group) is 1. The van der Waals surface area contributed by atoms with E-state index in [0.717, 1.165) is 18.7 Å². The maximum absolute atomic E-state index is 12.1. The minimum Gasteiger partial charge on any atom is -0.395 e. The zero-order valence-corrected chi connectivity index (χ0v) is 12.5. The second-order valence-corrected chi connectivity index (χ2v) is 5.02. The molecule has 0 saturated heterocycles. The van der Waals surface area contributed by atoms with Crippen LogP contribution in [0.15, 0.2) is 0 Å². The fourth-order valence-corrected chi connectivity index (χ4v) is 1.81. The Kier molecular flexibility index (Phi) is 5.35. The van der Waals surface area contributed by atoms with Gasteiger partial charge in [-0.1, -0.05) is 6.92 Å². The van der Waals surface area contributed by atoms with Crippen LogP contribution in [0.4, 0.5) is 5.69 Å². The summed E-state index contributed by atoms with van der Waals surface area (Å²) in [6.07, 6.45) is 0.725. The van der Waals surface area contributed by atoms with Crippen LogP contribution >= 0.6 is 0 Å². The highest BCUT2D eigenvalue weighted by Crippen LogP contribution is 2.16. The van der Waals surface area contributed by atoms with Gasteiger partial charge in [-0.15, -0.1) is 0 Å². The zero-order valence-electron chi connectivity index (χ0n) is 12.5. The number of nitrogens with two attached hydrogens (primary N) is 1. The Labute approximate surface area is 114 Å². The van der Waals surface area contributed by atoms with E-state index < -0.39 is 0 Å². The summed E-state index contributed by atoms with van der Waals surface area (Å²) < 4.78 is 1.55. The van der Waals surface area contributed by atoms with Gasteiger partial charge in [0.1, 0.15) is 5.69 Å². The summed E-state index contributed by atoms with van der Waals surface area (Å²) in [4.78, 5) is 14.3. The van der Waals surface area contributed by atoms with Crippen LogP contribution in [0.1, 0.15) is 37.0 Å². The summed E-state index contributed by atoms with van der Waals surface area (Å²) in [6.45, 7) is 7.61. The zero-order chi connectivity index (χ0) is 14.6. The third kappa shape index (κ3) is 3.70. The van der Waals surface area contributed by atoms with Crippen molar-refractivity contribution in [3.8, 4) is 0 Å². The minimum absolute atomic E-state index is 0.163. The molecule has 0 unspecified atom stereocenters. The van der Waals surface area contributed by atoms with Gasteiger partial charge < -0.3 is 16.0 Å². The van der Waals surface area contributed by atoms with Crippen LogP contribution in [0.3, 0.4) is 0 Å². The molecular formula is C13H25N5O. The summed E-state index contributed by atoms with van der Waals surface area (Å²) in [7, 11) is 3.77. The molecule has 0 saturated carbocycles. The number of nitrogens with one attached hydrogen (secondary N) is 1. The number of rotatable bonds is 6. The Balaban J connectivity index is 2.62. The van der Waals surface area contributed by atoms with E-state index in [2.05, 4.69) is 29.2 Å². The van der Waals surface area contributed by atoms with Gasteiger partial charge in [0.05, 0.1) is 11.4 Å². The molecule has 1 aromatic heterocycles. The first-order valence-corrected chi connectivity index (χ1v) is 6.68. The molecule has 0 radical (unpaired) electrons. The number of aromatic nitrogens is 2. The molecule has 1 heterocycles. The summed E-state index contributed by atoms with van der Waals surface area (Å²) in [5, 5.41) is 7.12. The summed E-state index contributed by atoms with van der Waals surface area (Å²) >= 11 is 0. The fraction of sp³-hybridized carbons (Fsp3) is 0.692. The van der Waals surface area contributed by atoms with Crippen molar-refractivity contribution in [1.29, 1.82) is 0 Å². The Morgan fingerprint density at radius 1 is 1.53 bits per heavy atom. The SMILES string of the molecule is CCc1nn(C)c(C(=O)NCCN(C)C(C)C)c1N. The van der Waals surface area contributed by atoms with Gasteiger partial charge in [0, 0.05) is 26.2 Å². The van der Waals surface area contributed by atoms with Gasteiger partial charge >= 0.3 is 0 Å². The normalized spacial score (nSPS) is 11.3. The lowest BCUT2D eigenvalue weighted by Gasteiger charge is -2.20. The first-order chi connectivity index (χ1) is 8.88. The number of nitrogen functional groups attached to an aromatic ring is 1. The van der Waals surface area contributed by atoms with Crippen molar-refractivity contribution in [3.63, 3.8) is 0 Å². The van der Waals surface area contributed by atoms with E-state index in [9.17, 15) is 4.79 Å². The van der Waals surface area contributed by atoms with Gasteiger partial charge in [-0.25, -0.2) is 0 Å². The van der Waals surface area contributed by atoms with Crippen molar-refractivity contribution in [1.82, 2.24) is 20.0 Å². The fourth-order valence-electron chi connectivity index (χ4n) is 1.81. The molecule has 0 aliphatic carbocycles. The van der Waals surface area contributed by atoms with Crippen molar-refractivity contribution < 1.29 is 4.79 Å². The van der Waals surface area contributed by atoms with Crippen molar-refractivity contribution in [2.75, 3.05) is 25.9 Å². The second-order valence-electron chi connectivity index (χ2n) is 5.02. The van der Waals surface area contributed by atoms with Crippen LogP contribution in [-0.4, -0.2) is 46.8 Å². The molecule has 108 valence electrons. The second kappa shape index (κ2) is 6.56. The average Bonchev–Trinajstić information content (AvgIpc) is 2.63. The van der Waals surface area contributed by atoms with Gasteiger partial charge in [-0.2, -0.15) is 5.10 Å². The Morgan fingerprint density at radius 2 is 2.16 bits per heavy atom. The molecular weight excluding hydrogens is 242 g/mol. The first kappa shape index (κ1) is 15.5. The minimum atomic E-state index is -0.163. The lowest BCUT2D eigenvalue weighted by Crippen LogP contribution is -2.36. The molecule has 0 aliphatic heterocycles. The smallest absolute Gasteiger partial charge is 0.271 e. The highest BCUT2D eigenvalue weighted by molar-refractivity contribution is 5.97. The number of nitrogens with zero attached hydrogens (tertiary/aromatic N) is 3. The highest BCUT2D eigenvalue weighted by atomic mass is 16.2. The lowest BCUT2D eigenvalue weighted by molar-refractivity contribution is 0.0939. The van der Waals surface area contributed by atoms with Crippen LogP contribution in [0.5, 0.6) is 0 Å². The van der Waals surface area contributed by atoms with E-state index >= 15 is 0 Å². The van der Waals surface area contributed by atoms with E-state index in [-0.39, 0.29) is 5.91 Å². The Bertz CT molecular complexity index is 438. The van der Waals surface area contributed by atoms with E-state index in [1.807, 2.05) is 14.0 Å². The molecule has 19 heavy (non-hydrogen) atoms. The molecule has 0 fully saturated rings. The Morgan fingerprint density at radius 3 is 2.63 bits per heavy atom. The van der Waals surface area contributed by atoms with E-state index in [0.29, 0.717) is 24.0 Å². The predicted molar refractivity (Wildman–Crippen MR) is 77.1 cm³/mol. The molecule has 3 N–H and O–H groups in total. The van der Waals surface area contributed by atoms with E-state index in [1.165, 1.54) is 0 Å². The van der Waals surface area contributed by atoms with Gasteiger partial charge in [-0.3, -0.25) is 9.48 Å². The van der Waals surface area contributed by atoms with Crippen molar-refractivity contribution in [2.24, 2.45) is 7.05 Å². The lowest BCUT2D eigenvalue weighted by atomic mass is 10.2. The standard InChI is InChI=1S/C13H25N5O/c1-6-10-11(14)12(18(5)16-10)13(19)15-7-8-17(4)9(2)3/h9H,6-8,14H2,1-5H3,(H,15,19). The molecule has 6 heteroatoms. The number of amides is 1. The molecule has 0 spiro atoms. The maximum atomic E-state index is 12.1. The number of aryl methyl sites for hydroxylation is 2. The van der Waals surface area contributed by atoms with E-state index in [4.69, 9.17) is 5.73 Å². The topological polar surface area (TPSA) is 76.2 Å². The van der Waals surface area contributed by atoms with Gasteiger partial charge in [0.15, 0.2) is 0 Å². The number of carbonyl (C=O) groups excluding carboxylic acids is 1. The first-order valence-electron chi connectivity index (χ1n) is 6.68. The molecule has 0 bridgehead atoms. The largest absolute Gasteiger partial charge is 0.395 e. The summed E-state index contributed by atoms with van der Waals surface area (Å²) in [5.74, 6) is -0.163. The van der Waals surface area contributed by atoms with Gasteiger partial charge in [0.2, 0.25) is 0 Å². The number of hydrogen-bond donors (Lipinski definition) is 2. The van der Waals surface area contributed by atoms with Crippen LogP contribution < -0.4 is 11.1 Å². The van der Waals surface area contributed by atoms with Crippen LogP contribution in [0, 0.1) is 0 Å². The van der Waals surface area contributed by atoms with Gasteiger partial charge in [-0.05, 0) is 27.3 Å². The van der Waals surface area contributed by atoms with Crippen molar-refractivity contribution in [2.45, 2.75) is 33.2 Å². The Hall–Kier alpha value is -1.56. The summed E-state index contributed by atoms with van der Waals surface area (Å²) in [5.41, 5.74) is 7.65. The van der Waals surface area contributed by atoms with Crippen LogP contribution in [0.25, 0.3) is 0 Å². The number of carbonyl (C=O) groups is 1.